The Bertz CT molecular complexity index is 376. The third-order valence-corrected chi connectivity index (χ3v) is 2.37. The highest BCUT2D eigenvalue weighted by molar-refractivity contribution is 5.45. The van der Waals surface area contributed by atoms with Crippen molar-refractivity contribution in [1.82, 2.24) is 4.98 Å². The van der Waals surface area contributed by atoms with Crippen molar-refractivity contribution in [3.63, 3.8) is 0 Å². The number of nitrogens with two attached hydrogens (primary N) is 1. The molecule has 1 atom stereocenters. The molecule has 18 heavy (non-hydrogen) atoms. The standard InChI is InChI=1S/C11H15F3N2O2/c1-7-2-4-16-10(15)9(7)8(17)3-5-18-6-11(12,13)14/h2,4,8,17H,3,5-6H2,1H3,(H2,15,16). The van der Waals surface area contributed by atoms with E-state index in [1.807, 2.05) is 0 Å². The fourth-order valence-corrected chi connectivity index (χ4v) is 1.55. The molecule has 0 aliphatic carbocycles. The molecular formula is C11H15F3N2O2. The quantitative estimate of drug-likeness (QED) is 0.798. The lowest BCUT2D eigenvalue weighted by Crippen LogP contribution is -2.18. The van der Waals surface area contributed by atoms with Crippen LogP contribution in [0.3, 0.4) is 0 Å². The van der Waals surface area contributed by atoms with Crippen LogP contribution in [-0.2, 0) is 4.74 Å². The maximum absolute atomic E-state index is 11.8. The number of hydrogen-bond donors (Lipinski definition) is 2. The van der Waals surface area contributed by atoms with E-state index in [1.165, 1.54) is 6.20 Å². The lowest BCUT2D eigenvalue weighted by atomic mass is 10.0. The molecule has 0 saturated heterocycles. The molecule has 1 unspecified atom stereocenters. The number of aliphatic hydroxyl groups is 1. The number of rotatable bonds is 5. The summed E-state index contributed by atoms with van der Waals surface area (Å²) in [5.74, 6) is 0.179. The summed E-state index contributed by atoms with van der Waals surface area (Å²) in [6.07, 6.45) is -3.80. The highest BCUT2D eigenvalue weighted by Gasteiger charge is 2.27. The lowest BCUT2D eigenvalue weighted by molar-refractivity contribution is -0.175. The fraction of sp³-hybridized carbons (Fsp3) is 0.545. The molecule has 0 aliphatic heterocycles. The van der Waals surface area contributed by atoms with Crippen LogP contribution in [0.1, 0.15) is 23.7 Å². The second kappa shape index (κ2) is 6.01. The molecular weight excluding hydrogens is 249 g/mol. The van der Waals surface area contributed by atoms with Gasteiger partial charge < -0.3 is 15.6 Å². The monoisotopic (exact) mass is 264 g/mol. The second-order valence-electron chi connectivity index (χ2n) is 3.90. The number of hydrogen-bond acceptors (Lipinski definition) is 4. The molecule has 0 bridgehead atoms. The van der Waals surface area contributed by atoms with Crippen molar-refractivity contribution in [2.24, 2.45) is 0 Å². The van der Waals surface area contributed by atoms with Gasteiger partial charge in [-0.25, -0.2) is 4.98 Å². The van der Waals surface area contributed by atoms with Crippen LogP contribution >= 0.6 is 0 Å². The summed E-state index contributed by atoms with van der Waals surface area (Å²) in [5.41, 5.74) is 6.78. The minimum absolute atomic E-state index is 0.0345. The van der Waals surface area contributed by atoms with E-state index in [0.717, 1.165) is 5.56 Å². The maximum Gasteiger partial charge on any atom is 0.411 e. The van der Waals surface area contributed by atoms with Crippen molar-refractivity contribution >= 4 is 5.82 Å². The van der Waals surface area contributed by atoms with E-state index >= 15 is 0 Å². The Morgan fingerprint density at radius 2 is 2.17 bits per heavy atom. The molecule has 1 rings (SSSR count). The SMILES string of the molecule is Cc1ccnc(N)c1C(O)CCOCC(F)(F)F. The highest BCUT2D eigenvalue weighted by Crippen LogP contribution is 2.25. The number of nitrogen functional groups attached to an aromatic ring is 1. The van der Waals surface area contributed by atoms with Gasteiger partial charge in [-0.2, -0.15) is 13.2 Å². The Balaban J connectivity index is 2.48. The van der Waals surface area contributed by atoms with Gasteiger partial charge in [-0.05, 0) is 18.6 Å². The van der Waals surface area contributed by atoms with Gasteiger partial charge in [0.2, 0.25) is 0 Å². The van der Waals surface area contributed by atoms with Crippen molar-refractivity contribution in [3.8, 4) is 0 Å². The molecule has 1 aromatic heterocycles. The van der Waals surface area contributed by atoms with Crippen LogP contribution in [0.15, 0.2) is 12.3 Å². The third-order valence-electron chi connectivity index (χ3n) is 2.37. The first-order valence-corrected chi connectivity index (χ1v) is 5.35. The van der Waals surface area contributed by atoms with E-state index in [2.05, 4.69) is 9.72 Å². The molecule has 0 amide bonds. The molecule has 0 spiro atoms. The van der Waals surface area contributed by atoms with E-state index in [0.29, 0.717) is 5.56 Å². The summed E-state index contributed by atoms with van der Waals surface area (Å²) in [6, 6.07) is 1.67. The smallest absolute Gasteiger partial charge is 0.388 e. The average molecular weight is 264 g/mol. The van der Waals surface area contributed by atoms with Crippen molar-refractivity contribution in [1.29, 1.82) is 0 Å². The second-order valence-corrected chi connectivity index (χ2v) is 3.90. The number of pyridine rings is 1. The largest absolute Gasteiger partial charge is 0.411 e. The first kappa shape index (κ1) is 14.7. The van der Waals surface area contributed by atoms with E-state index in [9.17, 15) is 18.3 Å². The molecule has 0 saturated carbocycles. The van der Waals surface area contributed by atoms with Gasteiger partial charge in [0.15, 0.2) is 0 Å². The van der Waals surface area contributed by atoms with Crippen LogP contribution in [0.4, 0.5) is 19.0 Å². The number of aliphatic hydroxyl groups excluding tert-OH is 1. The molecule has 0 aliphatic rings. The van der Waals surface area contributed by atoms with Crippen LogP contribution in [-0.4, -0.2) is 29.5 Å². The average Bonchev–Trinajstić information content (AvgIpc) is 2.23. The molecule has 0 fully saturated rings. The van der Waals surface area contributed by atoms with Crippen molar-refractivity contribution in [2.45, 2.75) is 25.6 Å². The highest BCUT2D eigenvalue weighted by atomic mass is 19.4. The predicted molar refractivity (Wildman–Crippen MR) is 59.8 cm³/mol. The van der Waals surface area contributed by atoms with Crippen molar-refractivity contribution < 1.29 is 23.0 Å². The summed E-state index contributed by atoms with van der Waals surface area (Å²) in [7, 11) is 0. The van der Waals surface area contributed by atoms with E-state index < -0.39 is 18.9 Å². The van der Waals surface area contributed by atoms with Crippen LogP contribution < -0.4 is 5.73 Å². The normalized spacial score (nSPS) is 13.6. The molecule has 0 radical (unpaired) electrons. The van der Waals surface area contributed by atoms with Gasteiger partial charge in [0.1, 0.15) is 12.4 Å². The molecule has 4 nitrogen and oxygen atoms in total. The maximum atomic E-state index is 11.8. The Morgan fingerprint density at radius 3 is 2.72 bits per heavy atom. The van der Waals surface area contributed by atoms with Gasteiger partial charge in [0.05, 0.1) is 6.10 Å². The number of ether oxygens (including phenoxy) is 1. The molecule has 102 valence electrons. The first-order chi connectivity index (χ1) is 8.31. The molecule has 1 aromatic rings. The Labute approximate surface area is 103 Å². The minimum Gasteiger partial charge on any atom is -0.388 e. The van der Waals surface area contributed by atoms with Crippen LogP contribution in [0.2, 0.25) is 0 Å². The third kappa shape index (κ3) is 4.50. The first-order valence-electron chi connectivity index (χ1n) is 5.35. The number of nitrogens with zero attached hydrogens (tertiary/aromatic N) is 1. The van der Waals surface area contributed by atoms with Crippen molar-refractivity contribution in [2.75, 3.05) is 18.9 Å². The summed E-state index contributed by atoms with van der Waals surface area (Å²) < 4.78 is 39.9. The summed E-state index contributed by atoms with van der Waals surface area (Å²) in [5, 5.41) is 9.83. The summed E-state index contributed by atoms with van der Waals surface area (Å²) in [6.45, 7) is 0.225. The molecule has 7 heteroatoms. The molecule has 0 aromatic carbocycles. The zero-order valence-corrected chi connectivity index (χ0v) is 9.87. The number of alkyl halides is 3. The van der Waals surface area contributed by atoms with Crippen LogP contribution in [0.25, 0.3) is 0 Å². The zero-order valence-electron chi connectivity index (χ0n) is 9.87. The van der Waals surface area contributed by atoms with Crippen molar-refractivity contribution in [3.05, 3.63) is 23.4 Å². The summed E-state index contributed by atoms with van der Waals surface area (Å²) in [4.78, 5) is 3.83. The van der Waals surface area contributed by atoms with E-state index in [1.54, 1.807) is 13.0 Å². The van der Waals surface area contributed by atoms with Gasteiger partial charge >= 0.3 is 6.18 Å². The fourth-order valence-electron chi connectivity index (χ4n) is 1.55. The minimum atomic E-state index is -4.35. The van der Waals surface area contributed by atoms with Gasteiger partial charge in [-0.15, -0.1) is 0 Å². The molecule has 1 heterocycles. The van der Waals surface area contributed by atoms with E-state index in [4.69, 9.17) is 5.73 Å². The number of halogens is 3. The number of anilines is 1. The lowest BCUT2D eigenvalue weighted by Gasteiger charge is -2.15. The van der Waals surface area contributed by atoms with Gasteiger partial charge in [-0.1, -0.05) is 0 Å². The number of aromatic nitrogens is 1. The van der Waals surface area contributed by atoms with Gasteiger partial charge in [0.25, 0.3) is 0 Å². The van der Waals surface area contributed by atoms with Gasteiger partial charge in [-0.3, -0.25) is 0 Å². The van der Waals surface area contributed by atoms with Crippen LogP contribution in [0.5, 0.6) is 0 Å². The van der Waals surface area contributed by atoms with Crippen LogP contribution in [0, 0.1) is 6.92 Å². The van der Waals surface area contributed by atoms with E-state index in [-0.39, 0.29) is 18.8 Å². The van der Waals surface area contributed by atoms with Gasteiger partial charge in [0, 0.05) is 24.8 Å². The predicted octanol–water partition coefficient (Wildman–Crippen LogP) is 1.97. The Kier molecular flexibility index (Phi) is 4.92. The zero-order chi connectivity index (χ0) is 13.8. The topological polar surface area (TPSA) is 68.4 Å². The Morgan fingerprint density at radius 1 is 1.50 bits per heavy atom. The molecule has 3 N–H and O–H groups in total. The summed E-state index contributed by atoms with van der Waals surface area (Å²) >= 11 is 0. The number of aryl methyl sites for hydroxylation is 1. The Hall–Kier alpha value is -1.34.